The van der Waals surface area contributed by atoms with E-state index in [0.717, 1.165) is 0 Å². The van der Waals surface area contributed by atoms with E-state index in [2.05, 4.69) is 4.74 Å². The van der Waals surface area contributed by atoms with Gasteiger partial charge in [-0.2, -0.15) is 0 Å². The van der Waals surface area contributed by atoms with Gasteiger partial charge in [-0.3, -0.25) is 0 Å². The van der Waals surface area contributed by atoms with Crippen molar-refractivity contribution in [1.82, 2.24) is 0 Å². The largest absolute Gasteiger partial charge is 0.478 e. The first-order chi connectivity index (χ1) is 7.56. The number of methoxy groups -OCH3 is 1. The second-order valence-electron chi connectivity index (χ2n) is 2.49. The molecule has 1 N–H and O–H groups in total. The molecular weight excluding hydrogens is 232 g/mol. The molecule has 0 heterocycles. The van der Waals surface area contributed by atoms with Gasteiger partial charge in [-0.25, -0.2) is 9.59 Å². The minimum atomic E-state index is -1.13. The van der Waals surface area contributed by atoms with Crippen molar-refractivity contribution in [2.75, 3.05) is 7.11 Å². The number of carbonyl (C=O) groups is 2. The molecule has 0 saturated carbocycles. The summed E-state index contributed by atoms with van der Waals surface area (Å²) in [7, 11) is 1.24. The third-order valence-corrected chi connectivity index (χ3v) is 1.93. The predicted molar refractivity (Wildman–Crippen MR) is 61.1 cm³/mol. The average Bonchev–Trinajstić information content (AvgIpc) is 2.30. The fourth-order valence-electron chi connectivity index (χ4n) is 0.933. The molecule has 0 atom stereocenters. The Labute approximate surface area is 98.8 Å². The number of rotatable bonds is 2. The van der Waals surface area contributed by atoms with E-state index in [-0.39, 0.29) is 16.1 Å². The van der Waals surface area contributed by atoms with Crippen LogP contribution >= 0.6 is 11.6 Å². The summed E-state index contributed by atoms with van der Waals surface area (Å²) in [6, 6.07) is 3.87. The number of carbonyl (C=O) groups excluding carboxylic acids is 1. The lowest BCUT2D eigenvalue weighted by atomic mass is 10.1. The van der Waals surface area contributed by atoms with Gasteiger partial charge < -0.3 is 9.84 Å². The molecule has 0 spiro atoms. The lowest BCUT2D eigenvalue weighted by Crippen LogP contribution is -2.03. The van der Waals surface area contributed by atoms with Gasteiger partial charge in [0, 0.05) is 0 Å². The van der Waals surface area contributed by atoms with Crippen molar-refractivity contribution in [3.63, 3.8) is 0 Å². The van der Waals surface area contributed by atoms with Crippen LogP contribution in [0.1, 0.15) is 34.6 Å². The molecule has 0 saturated heterocycles. The molecule has 1 aromatic carbocycles. The van der Waals surface area contributed by atoms with Crippen molar-refractivity contribution in [2.24, 2.45) is 0 Å². The molecule has 0 fully saturated rings. The van der Waals surface area contributed by atoms with Gasteiger partial charge in [-0.15, -0.1) is 0 Å². The molecule has 0 amide bonds. The van der Waals surface area contributed by atoms with Crippen LogP contribution in [-0.4, -0.2) is 24.2 Å². The Morgan fingerprint density at radius 2 is 1.88 bits per heavy atom. The first kappa shape index (κ1) is 14.5. The summed E-state index contributed by atoms with van der Waals surface area (Å²) in [6.45, 7) is 4.00. The van der Waals surface area contributed by atoms with Crippen molar-refractivity contribution in [3.05, 3.63) is 34.3 Å². The fraction of sp³-hybridized carbons (Fsp3) is 0.273. The topological polar surface area (TPSA) is 63.6 Å². The molecule has 0 aromatic heterocycles. The molecule has 0 unspecified atom stereocenters. The van der Waals surface area contributed by atoms with Crippen molar-refractivity contribution in [2.45, 2.75) is 13.8 Å². The van der Waals surface area contributed by atoms with E-state index < -0.39 is 11.9 Å². The maximum atomic E-state index is 11.0. The number of carboxylic acid groups (broad SMARTS) is 1. The van der Waals surface area contributed by atoms with Gasteiger partial charge in [0.2, 0.25) is 0 Å². The zero-order chi connectivity index (χ0) is 12.7. The highest BCUT2D eigenvalue weighted by Crippen LogP contribution is 2.18. The molecule has 1 aromatic rings. The quantitative estimate of drug-likeness (QED) is 0.813. The number of esters is 1. The van der Waals surface area contributed by atoms with Crippen LogP contribution in [0.25, 0.3) is 0 Å². The van der Waals surface area contributed by atoms with Crippen molar-refractivity contribution < 1.29 is 19.4 Å². The Balaban J connectivity index is 0.00000106. The van der Waals surface area contributed by atoms with Crippen LogP contribution in [0.3, 0.4) is 0 Å². The molecule has 0 aliphatic rings. The molecule has 0 aliphatic heterocycles. The predicted octanol–water partition coefficient (Wildman–Crippen LogP) is 2.85. The molecule has 1 rings (SSSR count). The summed E-state index contributed by atoms with van der Waals surface area (Å²) >= 11 is 5.64. The maximum absolute atomic E-state index is 11.0. The van der Waals surface area contributed by atoms with Crippen LogP contribution in [0.4, 0.5) is 0 Å². The molecule has 0 aliphatic carbocycles. The summed E-state index contributed by atoms with van der Waals surface area (Å²) in [5.41, 5.74) is 0.182. The number of ether oxygens (including phenoxy) is 1. The van der Waals surface area contributed by atoms with Gasteiger partial charge in [0.1, 0.15) is 0 Å². The Hall–Kier alpha value is -1.55. The highest BCUT2D eigenvalue weighted by atomic mass is 35.5. The Morgan fingerprint density at radius 1 is 1.31 bits per heavy atom. The standard InChI is InChI=1S/C9H7ClO4.C2H6/c1-14-9(13)5-2-3-6(8(11)12)7(10)4-5;1-2/h2-4H,1H3,(H,11,12);1-2H3. The summed E-state index contributed by atoms with van der Waals surface area (Å²) in [5, 5.41) is 8.67. The van der Waals surface area contributed by atoms with E-state index in [9.17, 15) is 9.59 Å². The molecular formula is C11H13ClO4. The van der Waals surface area contributed by atoms with E-state index in [4.69, 9.17) is 16.7 Å². The van der Waals surface area contributed by atoms with Gasteiger partial charge in [0.05, 0.1) is 23.3 Å². The lowest BCUT2D eigenvalue weighted by Gasteiger charge is -2.01. The smallest absolute Gasteiger partial charge is 0.337 e. The van der Waals surface area contributed by atoms with Crippen molar-refractivity contribution in [1.29, 1.82) is 0 Å². The zero-order valence-corrected chi connectivity index (χ0v) is 10.0. The van der Waals surface area contributed by atoms with E-state index in [1.165, 1.54) is 25.3 Å². The summed E-state index contributed by atoms with van der Waals surface area (Å²) in [5.74, 6) is -1.68. The molecule has 88 valence electrons. The fourth-order valence-corrected chi connectivity index (χ4v) is 1.19. The van der Waals surface area contributed by atoms with E-state index in [0.29, 0.717) is 0 Å². The van der Waals surface area contributed by atoms with Crippen molar-refractivity contribution >= 4 is 23.5 Å². The van der Waals surface area contributed by atoms with Gasteiger partial charge >= 0.3 is 11.9 Å². The van der Waals surface area contributed by atoms with Crippen LogP contribution in [0, 0.1) is 0 Å². The normalized spacial score (nSPS) is 8.75. The van der Waals surface area contributed by atoms with Gasteiger partial charge in [0.15, 0.2) is 0 Å². The second kappa shape index (κ2) is 6.85. The number of halogens is 1. The maximum Gasteiger partial charge on any atom is 0.337 e. The second-order valence-corrected chi connectivity index (χ2v) is 2.90. The molecule has 0 bridgehead atoms. The summed E-state index contributed by atoms with van der Waals surface area (Å²) < 4.78 is 4.45. The molecule has 16 heavy (non-hydrogen) atoms. The van der Waals surface area contributed by atoms with Gasteiger partial charge in [-0.1, -0.05) is 25.4 Å². The first-order valence-corrected chi connectivity index (χ1v) is 5.05. The molecule has 4 nitrogen and oxygen atoms in total. The van der Waals surface area contributed by atoms with Gasteiger partial charge in [-0.05, 0) is 18.2 Å². The molecule has 0 radical (unpaired) electrons. The summed E-state index contributed by atoms with van der Waals surface area (Å²) in [4.78, 5) is 21.6. The molecule has 5 heteroatoms. The monoisotopic (exact) mass is 244 g/mol. The minimum absolute atomic E-state index is 0.0143. The summed E-state index contributed by atoms with van der Waals surface area (Å²) in [6.07, 6.45) is 0. The number of hydrogen-bond acceptors (Lipinski definition) is 3. The lowest BCUT2D eigenvalue weighted by molar-refractivity contribution is 0.0598. The number of aromatic carboxylic acids is 1. The SMILES string of the molecule is CC.COC(=O)c1ccc(C(=O)O)c(Cl)c1. The Kier molecular flexibility index (Phi) is 6.18. The third-order valence-electron chi connectivity index (χ3n) is 1.62. The average molecular weight is 245 g/mol. The van der Waals surface area contributed by atoms with Crippen LogP contribution < -0.4 is 0 Å². The third kappa shape index (κ3) is 3.55. The van der Waals surface area contributed by atoms with Gasteiger partial charge in [0.25, 0.3) is 0 Å². The number of benzene rings is 1. The van der Waals surface area contributed by atoms with Crippen LogP contribution in [0.2, 0.25) is 5.02 Å². The minimum Gasteiger partial charge on any atom is -0.478 e. The first-order valence-electron chi connectivity index (χ1n) is 4.67. The van der Waals surface area contributed by atoms with E-state index >= 15 is 0 Å². The van der Waals surface area contributed by atoms with Crippen LogP contribution in [0.15, 0.2) is 18.2 Å². The Bertz CT molecular complexity index is 388. The Morgan fingerprint density at radius 3 is 2.25 bits per heavy atom. The number of carboxylic acids is 1. The highest BCUT2D eigenvalue weighted by molar-refractivity contribution is 6.33. The highest BCUT2D eigenvalue weighted by Gasteiger charge is 2.12. The van der Waals surface area contributed by atoms with E-state index in [1.54, 1.807) is 0 Å². The van der Waals surface area contributed by atoms with Crippen LogP contribution in [-0.2, 0) is 4.74 Å². The van der Waals surface area contributed by atoms with Crippen LogP contribution in [0.5, 0.6) is 0 Å². The zero-order valence-electron chi connectivity index (χ0n) is 9.28. The number of hydrogen-bond donors (Lipinski definition) is 1. The van der Waals surface area contributed by atoms with Crippen molar-refractivity contribution in [3.8, 4) is 0 Å². The van der Waals surface area contributed by atoms with E-state index in [1.807, 2.05) is 13.8 Å².